The SMILES string of the molecule is CCOC(=O)N1CCC2(C1)CN(c1nc(-c3cc(OC[C@H](O)CNC)ccc3F)nc(C(C(C)=O)=C(C)N)c1C)C2. The van der Waals surface area contributed by atoms with Crippen LogP contribution in [0.3, 0.4) is 0 Å². The second-order valence-corrected chi connectivity index (χ2v) is 10.8. The molecule has 1 aromatic carbocycles. The van der Waals surface area contributed by atoms with Crippen LogP contribution in [0.5, 0.6) is 5.75 Å². The number of nitrogens with two attached hydrogens (primary N) is 1. The van der Waals surface area contributed by atoms with Gasteiger partial charge in [-0.3, -0.25) is 4.79 Å². The van der Waals surface area contributed by atoms with Crippen molar-refractivity contribution in [1.29, 1.82) is 0 Å². The summed E-state index contributed by atoms with van der Waals surface area (Å²) in [5.41, 5.74) is 7.66. The summed E-state index contributed by atoms with van der Waals surface area (Å²) in [7, 11) is 1.72. The molecule has 11 nitrogen and oxygen atoms in total. The molecule has 0 unspecified atom stereocenters. The number of aliphatic hydroxyl groups is 1. The number of anilines is 1. The smallest absolute Gasteiger partial charge is 0.409 e. The van der Waals surface area contributed by atoms with Crippen LogP contribution in [0.25, 0.3) is 17.0 Å². The van der Waals surface area contributed by atoms with Gasteiger partial charge in [0.25, 0.3) is 0 Å². The van der Waals surface area contributed by atoms with Crippen molar-refractivity contribution in [3.63, 3.8) is 0 Å². The van der Waals surface area contributed by atoms with Gasteiger partial charge in [-0.1, -0.05) is 0 Å². The van der Waals surface area contributed by atoms with Crippen molar-refractivity contribution in [2.75, 3.05) is 57.9 Å². The van der Waals surface area contributed by atoms with Crippen LogP contribution in [0.1, 0.15) is 38.4 Å². The number of carbonyl (C=O) groups is 2. The molecular formula is C29H39FN6O5. The second-order valence-electron chi connectivity index (χ2n) is 10.8. The minimum Gasteiger partial charge on any atom is -0.491 e. The molecule has 2 saturated heterocycles. The summed E-state index contributed by atoms with van der Waals surface area (Å²) in [4.78, 5) is 38.1. The van der Waals surface area contributed by atoms with Gasteiger partial charge in [-0.25, -0.2) is 19.2 Å². The van der Waals surface area contributed by atoms with Gasteiger partial charge in [0.15, 0.2) is 11.6 Å². The van der Waals surface area contributed by atoms with Crippen LogP contribution in [-0.2, 0) is 9.53 Å². The Morgan fingerprint density at radius 2 is 1.98 bits per heavy atom. The van der Waals surface area contributed by atoms with Crippen LogP contribution in [-0.4, -0.2) is 90.9 Å². The minimum atomic E-state index is -0.743. The summed E-state index contributed by atoms with van der Waals surface area (Å²) >= 11 is 0. The number of Topliss-reactive ketones (excluding diaryl/α,β-unsaturated/α-hetero) is 1. The first-order chi connectivity index (χ1) is 19.5. The first-order valence-corrected chi connectivity index (χ1v) is 13.8. The van der Waals surface area contributed by atoms with Crippen LogP contribution in [0, 0.1) is 18.2 Å². The van der Waals surface area contributed by atoms with E-state index in [4.69, 9.17) is 20.2 Å². The van der Waals surface area contributed by atoms with E-state index in [0.717, 1.165) is 6.42 Å². The largest absolute Gasteiger partial charge is 0.491 e. The summed E-state index contributed by atoms with van der Waals surface area (Å²) < 4.78 is 26.1. The molecule has 2 aromatic rings. The van der Waals surface area contributed by atoms with Crippen molar-refractivity contribution in [1.82, 2.24) is 20.2 Å². The zero-order chi connectivity index (χ0) is 29.9. The maximum atomic E-state index is 15.2. The zero-order valence-corrected chi connectivity index (χ0v) is 24.3. The molecular weight excluding hydrogens is 531 g/mol. The van der Waals surface area contributed by atoms with Gasteiger partial charge in [-0.05, 0) is 59.4 Å². The maximum Gasteiger partial charge on any atom is 0.409 e. The number of aromatic nitrogens is 2. The number of likely N-dealkylation sites (tertiary alicyclic amines) is 1. The number of hydrogen-bond acceptors (Lipinski definition) is 10. The van der Waals surface area contributed by atoms with E-state index in [9.17, 15) is 14.7 Å². The van der Waals surface area contributed by atoms with E-state index in [1.54, 1.807) is 25.8 Å². The van der Waals surface area contributed by atoms with E-state index >= 15 is 4.39 Å². The predicted molar refractivity (Wildman–Crippen MR) is 153 cm³/mol. The fourth-order valence-electron chi connectivity index (χ4n) is 5.54. The number of rotatable bonds is 10. The molecule has 2 aliphatic rings. The number of halogens is 1. The van der Waals surface area contributed by atoms with Crippen molar-refractivity contribution in [2.24, 2.45) is 11.1 Å². The predicted octanol–water partition coefficient (Wildman–Crippen LogP) is 2.50. The maximum absolute atomic E-state index is 15.2. The number of amides is 1. The first-order valence-electron chi connectivity index (χ1n) is 13.8. The number of nitrogens with one attached hydrogen (secondary N) is 1. The van der Waals surface area contributed by atoms with E-state index in [1.807, 2.05) is 6.92 Å². The van der Waals surface area contributed by atoms with Crippen LogP contribution >= 0.6 is 0 Å². The molecule has 1 aromatic heterocycles. The third-order valence-electron chi connectivity index (χ3n) is 7.48. The molecule has 1 atom stereocenters. The molecule has 0 radical (unpaired) electrons. The van der Waals surface area contributed by atoms with Gasteiger partial charge < -0.3 is 35.4 Å². The number of likely N-dealkylation sites (N-methyl/N-ethyl adjacent to an activating group) is 1. The highest BCUT2D eigenvalue weighted by molar-refractivity contribution is 6.20. The summed E-state index contributed by atoms with van der Waals surface area (Å²) in [6.45, 7) is 9.81. The average Bonchev–Trinajstić information content (AvgIpc) is 3.35. The zero-order valence-electron chi connectivity index (χ0n) is 24.3. The Morgan fingerprint density at radius 1 is 1.24 bits per heavy atom. The molecule has 41 heavy (non-hydrogen) atoms. The summed E-state index contributed by atoms with van der Waals surface area (Å²) in [5, 5.41) is 12.9. The van der Waals surface area contributed by atoms with E-state index < -0.39 is 11.9 Å². The molecule has 4 rings (SSSR count). The number of hydrogen-bond donors (Lipinski definition) is 3. The lowest BCUT2D eigenvalue weighted by atomic mass is 9.79. The van der Waals surface area contributed by atoms with Crippen LogP contribution in [0.2, 0.25) is 0 Å². The van der Waals surface area contributed by atoms with Gasteiger partial charge in [0.1, 0.15) is 30.1 Å². The molecule has 4 N–H and O–H groups in total. The number of benzene rings is 1. The standard InChI is InChI=1S/C29H39FN6O5/c1-6-40-28(39)35-10-9-29(14-35)15-36(16-29)27-17(2)25(24(18(3)31)19(4)37)33-26(34-27)22-11-21(7-8-23(22)30)41-13-20(38)12-32-5/h7-8,11,20,32,38H,6,9-10,12-16,31H2,1-5H3/t20-/m1/s1. The van der Waals surface area contributed by atoms with Gasteiger partial charge in [0.05, 0.1) is 23.4 Å². The minimum absolute atomic E-state index is 0.0133. The van der Waals surface area contributed by atoms with Crippen molar-refractivity contribution in [3.05, 3.63) is 41.0 Å². The highest BCUT2D eigenvalue weighted by atomic mass is 19.1. The molecule has 222 valence electrons. The Kier molecular flexibility index (Phi) is 9.13. The van der Waals surface area contributed by atoms with Gasteiger partial charge in [0.2, 0.25) is 0 Å². The first kappa shape index (κ1) is 30.2. The number of allylic oxidation sites excluding steroid dienone is 2. The Labute approximate surface area is 239 Å². The molecule has 2 aliphatic heterocycles. The van der Waals surface area contributed by atoms with Gasteiger partial charge in [-0.15, -0.1) is 0 Å². The molecule has 0 aliphatic carbocycles. The summed E-state index contributed by atoms with van der Waals surface area (Å²) in [6, 6.07) is 4.22. The molecule has 0 saturated carbocycles. The molecule has 0 bridgehead atoms. The van der Waals surface area contributed by atoms with E-state index in [-0.39, 0.29) is 40.9 Å². The van der Waals surface area contributed by atoms with E-state index in [1.165, 1.54) is 25.1 Å². The van der Waals surface area contributed by atoms with Crippen LogP contribution in [0.15, 0.2) is 23.9 Å². The van der Waals surface area contributed by atoms with Crippen LogP contribution in [0.4, 0.5) is 15.0 Å². The monoisotopic (exact) mass is 570 g/mol. The lowest BCUT2D eigenvalue weighted by molar-refractivity contribution is -0.111. The van der Waals surface area contributed by atoms with Crippen LogP contribution < -0.4 is 20.7 Å². The Hall–Kier alpha value is -3.77. The second kappa shape index (κ2) is 12.4. The van der Waals surface area contributed by atoms with Crippen molar-refractivity contribution in [3.8, 4) is 17.1 Å². The van der Waals surface area contributed by atoms with E-state index in [0.29, 0.717) is 67.9 Å². The topological polar surface area (TPSA) is 143 Å². The average molecular weight is 571 g/mol. The summed E-state index contributed by atoms with van der Waals surface area (Å²) in [5.74, 6) is 0.169. The van der Waals surface area contributed by atoms with Crippen molar-refractivity contribution < 1.29 is 28.6 Å². The molecule has 12 heteroatoms. The number of nitrogens with zero attached hydrogens (tertiary/aromatic N) is 4. The van der Waals surface area contributed by atoms with Crippen molar-refractivity contribution >= 4 is 23.3 Å². The van der Waals surface area contributed by atoms with Gasteiger partial charge in [0, 0.05) is 49.4 Å². The highest BCUT2D eigenvalue weighted by Gasteiger charge is 2.50. The fraction of sp³-hybridized carbons (Fsp3) is 0.517. The number of carbonyl (C=O) groups excluding carboxylic acids is 2. The lowest BCUT2D eigenvalue weighted by Crippen LogP contribution is -2.58. The number of ether oxygens (including phenoxy) is 2. The third-order valence-corrected chi connectivity index (χ3v) is 7.48. The molecule has 3 heterocycles. The Bertz CT molecular complexity index is 1340. The third kappa shape index (κ3) is 6.43. The fourth-order valence-corrected chi connectivity index (χ4v) is 5.54. The molecule has 1 spiro atoms. The van der Waals surface area contributed by atoms with Crippen molar-refractivity contribution in [2.45, 2.75) is 40.2 Å². The number of ketones is 1. The molecule has 1 amide bonds. The number of aliphatic hydroxyl groups excluding tert-OH is 1. The van der Waals surface area contributed by atoms with E-state index in [2.05, 4.69) is 15.2 Å². The Morgan fingerprint density at radius 3 is 2.61 bits per heavy atom. The van der Waals surface area contributed by atoms with Gasteiger partial charge in [-0.2, -0.15) is 0 Å². The normalized spacial score (nSPS) is 17.2. The lowest BCUT2D eigenvalue weighted by Gasteiger charge is -2.49. The summed E-state index contributed by atoms with van der Waals surface area (Å²) in [6.07, 6.45) is -0.219. The molecule has 2 fully saturated rings. The Balaban J connectivity index is 1.70. The van der Waals surface area contributed by atoms with Gasteiger partial charge >= 0.3 is 6.09 Å². The quantitative estimate of drug-likeness (QED) is 0.365. The highest BCUT2D eigenvalue weighted by Crippen LogP contribution is 2.43.